The first kappa shape index (κ1) is 20.0. The number of hydrogen-bond acceptors (Lipinski definition) is 5. The van der Waals surface area contributed by atoms with Crippen LogP contribution in [-0.4, -0.2) is 31.2 Å². The predicted octanol–water partition coefficient (Wildman–Crippen LogP) is 2.65. The van der Waals surface area contributed by atoms with Crippen molar-refractivity contribution in [1.29, 1.82) is 0 Å². The SMILES string of the molecule is O=c1[nH]cnc2c1ncn2CC[C@@H](CO)[C@H](NCc1ccccc1)c1ccccc1. The van der Waals surface area contributed by atoms with Crippen molar-refractivity contribution in [2.75, 3.05) is 6.61 Å². The Bertz CT molecular complexity index is 1120. The van der Waals surface area contributed by atoms with Gasteiger partial charge in [-0.1, -0.05) is 60.7 Å². The van der Waals surface area contributed by atoms with E-state index >= 15 is 0 Å². The number of H-pyrrole nitrogens is 1. The summed E-state index contributed by atoms with van der Waals surface area (Å²) in [5, 5.41) is 13.8. The van der Waals surface area contributed by atoms with Gasteiger partial charge < -0.3 is 20.0 Å². The van der Waals surface area contributed by atoms with Gasteiger partial charge in [0.05, 0.1) is 12.7 Å². The minimum absolute atomic E-state index is 0.0115. The number of aromatic nitrogens is 4. The Kier molecular flexibility index (Phi) is 6.32. The van der Waals surface area contributed by atoms with E-state index in [0.717, 1.165) is 5.56 Å². The van der Waals surface area contributed by atoms with Crippen molar-refractivity contribution in [3.63, 3.8) is 0 Å². The van der Waals surface area contributed by atoms with E-state index in [4.69, 9.17) is 0 Å². The van der Waals surface area contributed by atoms with E-state index in [9.17, 15) is 9.90 Å². The lowest BCUT2D eigenvalue weighted by atomic mass is 9.90. The molecule has 4 aromatic rings. The molecule has 0 bridgehead atoms. The number of aryl methyl sites for hydroxylation is 1. The van der Waals surface area contributed by atoms with Crippen molar-refractivity contribution in [3.8, 4) is 0 Å². The summed E-state index contributed by atoms with van der Waals surface area (Å²) in [6.45, 7) is 1.36. The van der Waals surface area contributed by atoms with Gasteiger partial charge in [0.1, 0.15) is 0 Å². The molecular weight excluding hydrogens is 378 g/mol. The zero-order valence-corrected chi connectivity index (χ0v) is 16.6. The fraction of sp³-hybridized carbons (Fsp3) is 0.261. The van der Waals surface area contributed by atoms with Crippen LogP contribution >= 0.6 is 0 Å². The molecule has 0 aliphatic heterocycles. The number of aliphatic hydroxyl groups is 1. The normalized spacial score (nSPS) is 13.4. The average molecular weight is 403 g/mol. The number of rotatable bonds is 9. The van der Waals surface area contributed by atoms with Crippen LogP contribution in [-0.2, 0) is 13.1 Å². The van der Waals surface area contributed by atoms with Crippen LogP contribution in [0.15, 0.2) is 78.1 Å². The van der Waals surface area contributed by atoms with Crippen LogP contribution < -0.4 is 10.9 Å². The second kappa shape index (κ2) is 9.47. The van der Waals surface area contributed by atoms with Gasteiger partial charge in [0, 0.05) is 31.7 Å². The molecule has 0 amide bonds. The Morgan fingerprint density at radius 1 is 1.03 bits per heavy atom. The van der Waals surface area contributed by atoms with Crippen molar-refractivity contribution in [1.82, 2.24) is 24.8 Å². The van der Waals surface area contributed by atoms with Crippen LogP contribution in [0.5, 0.6) is 0 Å². The summed E-state index contributed by atoms with van der Waals surface area (Å²) in [4.78, 5) is 22.9. The Morgan fingerprint density at radius 2 is 1.77 bits per heavy atom. The molecule has 0 saturated heterocycles. The van der Waals surface area contributed by atoms with Crippen LogP contribution in [0.4, 0.5) is 0 Å². The standard InChI is InChI=1S/C23H25N5O2/c29-14-19(11-12-28-16-27-21-22(28)25-15-26-23(21)30)20(18-9-5-2-6-10-18)24-13-17-7-3-1-4-8-17/h1-10,15-16,19-20,24,29H,11-14H2,(H,25,26,30)/t19-,20+/m0/s1. The molecule has 0 spiro atoms. The van der Waals surface area contributed by atoms with Gasteiger partial charge in [-0.2, -0.15) is 0 Å². The Labute approximate surface area is 174 Å². The van der Waals surface area contributed by atoms with Crippen LogP contribution in [0.1, 0.15) is 23.6 Å². The summed E-state index contributed by atoms with van der Waals surface area (Å²) in [6, 6.07) is 20.4. The van der Waals surface area contributed by atoms with Gasteiger partial charge in [-0.15, -0.1) is 0 Å². The molecule has 154 valence electrons. The molecule has 0 unspecified atom stereocenters. The molecular formula is C23H25N5O2. The van der Waals surface area contributed by atoms with E-state index in [1.165, 1.54) is 11.9 Å². The van der Waals surface area contributed by atoms with E-state index in [1.807, 2.05) is 41.0 Å². The van der Waals surface area contributed by atoms with E-state index in [-0.39, 0.29) is 24.1 Å². The summed E-state index contributed by atoms with van der Waals surface area (Å²) in [6.07, 6.45) is 3.73. The van der Waals surface area contributed by atoms with Gasteiger partial charge in [-0.3, -0.25) is 4.79 Å². The third kappa shape index (κ3) is 4.48. The highest BCUT2D eigenvalue weighted by molar-refractivity contribution is 5.68. The van der Waals surface area contributed by atoms with E-state index in [0.29, 0.717) is 30.7 Å². The smallest absolute Gasteiger partial charge is 0.278 e. The highest BCUT2D eigenvalue weighted by Gasteiger charge is 2.23. The molecule has 3 N–H and O–H groups in total. The van der Waals surface area contributed by atoms with E-state index < -0.39 is 0 Å². The fourth-order valence-electron chi connectivity index (χ4n) is 3.76. The summed E-state index contributed by atoms with van der Waals surface area (Å²) in [5.74, 6) is -0.0180. The lowest BCUT2D eigenvalue weighted by Gasteiger charge is -2.28. The number of nitrogens with zero attached hydrogens (tertiary/aromatic N) is 3. The fourth-order valence-corrected chi connectivity index (χ4v) is 3.76. The van der Waals surface area contributed by atoms with Crippen LogP contribution in [0.3, 0.4) is 0 Å². The zero-order chi connectivity index (χ0) is 20.8. The molecule has 7 nitrogen and oxygen atoms in total. The number of benzene rings is 2. The Morgan fingerprint density at radius 3 is 2.50 bits per heavy atom. The molecule has 2 atom stereocenters. The van der Waals surface area contributed by atoms with Gasteiger partial charge in [0.25, 0.3) is 5.56 Å². The van der Waals surface area contributed by atoms with Crippen LogP contribution in [0.25, 0.3) is 11.2 Å². The summed E-state index contributed by atoms with van der Waals surface area (Å²) in [5.41, 5.74) is 2.98. The molecule has 2 aromatic heterocycles. The number of aliphatic hydroxyl groups excluding tert-OH is 1. The molecule has 0 fully saturated rings. The zero-order valence-electron chi connectivity index (χ0n) is 16.6. The van der Waals surface area contributed by atoms with E-state index in [1.54, 1.807) is 6.33 Å². The van der Waals surface area contributed by atoms with Crippen molar-refractivity contribution < 1.29 is 5.11 Å². The molecule has 0 aliphatic carbocycles. The molecule has 4 rings (SSSR count). The number of fused-ring (bicyclic) bond motifs is 1. The number of imidazole rings is 1. The van der Waals surface area contributed by atoms with Crippen molar-refractivity contribution in [2.24, 2.45) is 5.92 Å². The molecule has 0 saturated carbocycles. The molecule has 2 heterocycles. The first-order valence-electron chi connectivity index (χ1n) is 10.1. The third-order valence-corrected chi connectivity index (χ3v) is 5.38. The molecule has 0 radical (unpaired) electrons. The van der Waals surface area contributed by atoms with Crippen LogP contribution in [0.2, 0.25) is 0 Å². The summed E-state index contributed by atoms with van der Waals surface area (Å²) >= 11 is 0. The quantitative estimate of drug-likeness (QED) is 0.399. The second-order valence-corrected chi connectivity index (χ2v) is 7.33. The maximum Gasteiger partial charge on any atom is 0.278 e. The van der Waals surface area contributed by atoms with Crippen LogP contribution in [0, 0.1) is 5.92 Å². The minimum atomic E-state index is -0.246. The highest BCUT2D eigenvalue weighted by Crippen LogP contribution is 2.26. The summed E-state index contributed by atoms with van der Waals surface area (Å²) < 4.78 is 1.87. The molecule has 0 aliphatic rings. The first-order chi connectivity index (χ1) is 14.8. The van der Waals surface area contributed by atoms with Crippen molar-refractivity contribution >= 4 is 11.2 Å². The van der Waals surface area contributed by atoms with Gasteiger partial charge in [-0.25, -0.2) is 9.97 Å². The van der Waals surface area contributed by atoms with Gasteiger partial charge in [0.2, 0.25) is 0 Å². The monoisotopic (exact) mass is 403 g/mol. The maximum atomic E-state index is 11.9. The van der Waals surface area contributed by atoms with Gasteiger partial charge >= 0.3 is 0 Å². The largest absolute Gasteiger partial charge is 0.396 e. The topological polar surface area (TPSA) is 95.8 Å². The third-order valence-electron chi connectivity index (χ3n) is 5.38. The molecule has 30 heavy (non-hydrogen) atoms. The molecule has 7 heteroatoms. The predicted molar refractivity (Wildman–Crippen MR) is 116 cm³/mol. The minimum Gasteiger partial charge on any atom is -0.396 e. The lowest BCUT2D eigenvalue weighted by molar-refractivity contribution is 0.175. The van der Waals surface area contributed by atoms with Gasteiger partial charge in [-0.05, 0) is 17.5 Å². The summed E-state index contributed by atoms with van der Waals surface area (Å²) in [7, 11) is 0. The van der Waals surface area contributed by atoms with E-state index in [2.05, 4.69) is 44.5 Å². The first-order valence-corrected chi connectivity index (χ1v) is 10.1. The van der Waals surface area contributed by atoms with Gasteiger partial charge in [0.15, 0.2) is 11.2 Å². The lowest BCUT2D eigenvalue weighted by Crippen LogP contribution is -2.31. The van der Waals surface area contributed by atoms with Crippen molar-refractivity contribution in [2.45, 2.75) is 25.6 Å². The Hall–Kier alpha value is -3.29. The average Bonchev–Trinajstić information content (AvgIpc) is 3.22. The Balaban J connectivity index is 1.53. The number of nitrogens with one attached hydrogen (secondary N) is 2. The second-order valence-electron chi connectivity index (χ2n) is 7.33. The van der Waals surface area contributed by atoms with Crippen molar-refractivity contribution in [3.05, 3.63) is 94.8 Å². The number of aromatic amines is 1. The maximum absolute atomic E-state index is 11.9. The molecule has 2 aromatic carbocycles. The highest BCUT2D eigenvalue weighted by atomic mass is 16.3. The number of hydrogen-bond donors (Lipinski definition) is 3.